The molecule has 1 aromatic heterocycles. The van der Waals surface area contributed by atoms with Crippen LogP contribution < -0.4 is 0 Å². The molecule has 2 atom stereocenters. The first-order valence-electron chi connectivity index (χ1n) is 6.26. The van der Waals surface area contributed by atoms with Gasteiger partial charge in [0.15, 0.2) is 0 Å². The first kappa shape index (κ1) is 13.1. The molecule has 1 amide bonds. The predicted molar refractivity (Wildman–Crippen MR) is 74.9 cm³/mol. The first-order chi connectivity index (χ1) is 9.56. The number of carbonyl (C=O) groups is 2. The van der Waals surface area contributed by atoms with Gasteiger partial charge in [0.25, 0.3) is 5.91 Å². The van der Waals surface area contributed by atoms with E-state index in [1.54, 1.807) is 6.07 Å². The maximum absolute atomic E-state index is 12.4. The summed E-state index contributed by atoms with van der Waals surface area (Å²) in [7, 11) is 0. The average molecular weight is 291 g/mol. The van der Waals surface area contributed by atoms with Crippen LogP contribution in [0.5, 0.6) is 0 Å². The van der Waals surface area contributed by atoms with Gasteiger partial charge in [0, 0.05) is 17.7 Å². The summed E-state index contributed by atoms with van der Waals surface area (Å²) in [4.78, 5) is 25.4. The molecule has 2 aromatic rings. The van der Waals surface area contributed by atoms with Gasteiger partial charge in [-0.05, 0) is 17.5 Å². The highest BCUT2D eigenvalue weighted by Gasteiger charge is 2.39. The minimum Gasteiger partial charge on any atom is -0.480 e. The van der Waals surface area contributed by atoms with Gasteiger partial charge in [-0.25, -0.2) is 4.79 Å². The third-order valence-electron chi connectivity index (χ3n) is 3.46. The number of aliphatic hydroxyl groups excluding tert-OH is 1. The summed E-state index contributed by atoms with van der Waals surface area (Å²) in [5.74, 6) is -1.40. The summed E-state index contributed by atoms with van der Waals surface area (Å²) in [5, 5.41) is 19.7. The van der Waals surface area contributed by atoms with E-state index in [0.717, 1.165) is 10.1 Å². The Morgan fingerprint density at radius 1 is 1.30 bits per heavy atom. The number of aliphatic carboxylic acids is 1. The third kappa shape index (κ3) is 2.17. The highest BCUT2D eigenvalue weighted by molar-refractivity contribution is 7.20. The number of carboxylic acids is 1. The van der Waals surface area contributed by atoms with E-state index < -0.39 is 18.1 Å². The van der Waals surface area contributed by atoms with Gasteiger partial charge in [-0.2, -0.15) is 0 Å². The van der Waals surface area contributed by atoms with Crippen molar-refractivity contribution in [2.45, 2.75) is 18.6 Å². The molecule has 20 heavy (non-hydrogen) atoms. The van der Waals surface area contributed by atoms with Gasteiger partial charge in [-0.1, -0.05) is 18.2 Å². The zero-order chi connectivity index (χ0) is 14.3. The number of hydrogen-bond acceptors (Lipinski definition) is 4. The SMILES string of the molecule is O=C(O)[C@H]1C[C@@H](O)CN1C(=O)c1cc2ccccc2s1. The fourth-order valence-electron chi connectivity index (χ4n) is 2.50. The van der Waals surface area contributed by atoms with Crippen LogP contribution in [-0.4, -0.2) is 45.7 Å². The number of amides is 1. The van der Waals surface area contributed by atoms with Gasteiger partial charge in [0.2, 0.25) is 0 Å². The maximum Gasteiger partial charge on any atom is 0.326 e. The fourth-order valence-corrected chi connectivity index (χ4v) is 3.52. The van der Waals surface area contributed by atoms with Crippen molar-refractivity contribution in [3.63, 3.8) is 0 Å². The standard InChI is InChI=1S/C14H13NO4S/c16-9-6-10(14(18)19)15(7-9)13(17)12-5-8-3-1-2-4-11(8)20-12/h1-5,9-10,16H,6-7H2,(H,18,19)/t9-,10-/m1/s1. The van der Waals surface area contributed by atoms with Crippen LogP contribution >= 0.6 is 11.3 Å². The van der Waals surface area contributed by atoms with Crippen LogP contribution in [0.2, 0.25) is 0 Å². The van der Waals surface area contributed by atoms with Crippen molar-refractivity contribution in [1.82, 2.24) is 4.90 Å². The van der Waals surface area contributed by atoms with Crippen LogP contribution in [0, 0.1) is 0 Å². The van der Waals surface area contributed by atoms with E-state index in [2.05, 4.69) is 0 Å². The Morgan fingerprint density at radius 2 is 2.05 bits per heavy atom. The number of rotatable bonds is 2. The van der Waals surface area contributed by atoms with Gasteiger partial charge in [-0.15, -0.1) is 11.3 Å². The third-order valence-corrected chi connectivity index (χ3v) is 4.57. The summed E-state index contributed by atoms with van der Waals surface area (Å²) in [5.41, 5.74) is 0. The lowest BCUT2D eigenvalue weighted by atomic mass is 10.2. The summed E-state index contributed by atoms with van der Waals surface area (Å²) < 4.78 is 0.988. The lowest BCUT2D eigenvalue weighted by Crippen LogP contribution is -2.40. The number of aliphatic hydroxyl groups is 1. The van der Waals surface area contributed by atoms with Gasteiger partial charge in [-0.3, -0.25) is 4.79 Å². The Kier molecular flexibility index (Phi) is 3.19. The van der Waals surface area contributed by atoms with Crippen molar-refractivity contribution in [3.8, 4) is 0 Å². The molecule has 0 aliphatic carbocycles. The number of hydrogen-bond donors (Lipinski definition) is 2. The number of β-amino-alcohol motifs (C(OH)–C–C–N with tert-alkyl or cyclic N) is 1. The molecule has 6 heteroatoms. The van der Waals surface area contributed by atoms with Crippen molar-refractivity contribution in [2.75, 3.05) is 6.54 Å². The van der Waals surface area contributed by atoms with Crippen molar-refractivity contribution in [3.05, 3.63) is 35.2 Å². The number of nitrogens with zero attached hydrogens (tertiary/aromatic N) is 1. The van der Waals surface area contributed by atoms with Crippen molar-refractivity contribution < 1.29 is 19.8 Å². The summed E-state index contributed by atoms with van der Waals surface area (Å²) >= 11 is 1.34. The molecular weight excluding hydrogens is 278 g/mol. The largest absolute Gasteiger partial charge is 0.480 e. The van der Waals surface area contributed by atoms with Crippen LogP contribution in [0.15, 0.2) is 30.3 Å². The molecule has 104 valence electrons. The van der Waals surface area contributed by atoms with E-state index in [1.807, 2.05) is 24.3 Å². The quantitative estimate of drug-likeness (QED) is 0.880. The fraction of sp³-hybridized carbons (Fsp3) is 0.286. The number of fused-ring (bicyclic) bond motifs is 1. The van der Waals surface area contributed by atoms with E-state index in [0.29, 0.717) is 4.88 Å². The number of likely N-dealkylation sites (tertiary alicyclic amines) is 1. The molecule has 0 unspecified atom stereocenters. The van der Waals surface area contributed by atoms with E-state index in [4.69, 9.17) is 5.11 Å². The molecule has 1 saturated heterocycles. The van der Waals surface area contributed by atoms with Gasteiger partial charge < -0.3 is 15.1 Å². The normalized spacial score (nSPS) is 22.4. The number of carbonyl (C=O) groups excluding carboxylic acids is 1. The lowest BCUT2D eigenvalue weighted by Gasteiger charge is -2.20. The zero-order valence-corrected chi connectivity index (χ0v) is 11.3. The van der Waals surface area contributed by atoms with Crippen LogP contribution in [0.1, 0.15) is 16.1 Å². The maximum atomic E-state index is 12.4. The Morgan fingerprint density at radius 3 is 2.75 bits per heavy atom. The minimum absolute atomic E-state index is 0.0735. The molecule has 1 aliphatic heterocycles. The second kappa shape index (κ2) is 4.88. The van der Waals surface area contributed by atoms with Gasteiger partial charge >= 0.3 is 5.97 Å². The highest BCUT2D eigenvalue weighted by Crippen LogP contribution is 2.29. The second-order valence-corrected chi connectivity index (χ2v) is 5.93. The van der Waals surface area contributed by atoms with E-state index in [9.17, 15) is 14.7 Å². The smallest absolute Gasteiger partial charge is 0.326 e. The van der Waals surface area contributed by atoms with Crippen molar-refractivity contribution in [2.24, 2.45) is 0 Å². The number of carboxylic acid groups (broad SMARTS) is 1. The van der Waals surface area contributed by atoms with Crippen molar-refractivity contribution in [1.29, 1.82) is 0 Å². The van der Waals surface area contributed by atoms with Crippen LogP contribution in [0.4, 0.5) is 0 Å². The molecule has 0 radical (unpaired) electrons. The molecule has 1 aliphatic rings. The molecule has 1 aromatic carbocycles. The number of benzene rings is 1. The molecule has 3 rings (SSSR count). The topological polar surface area (TPSA) is 77.8 Å². The lowest BCUT2D eigenvalue weighted by molar-refractivity contribution is -0.141. The molecule has 2 heterocycles. The van der Waals surface area contributed by atoms with E-state index in [-0.39, 0.29) is 18.9 Å². The molecule has 5 nitrogen and oxygen atoms in total. The number of thiophene rings is 1. The average Bonchev–Trinajstić information content (AvgIpc) is 3.01. The summed E-state index contributed by atoms with van der Waals surface area (Å²) in [6.45, 7) is 0.0735. The summed E-state index contributed by atoms with van der Waals surface area (Å²) in [6.07, 6.45) is -0.680. The van der Waals surface area contributed by atoms with E-state index >= 15 is 0 Å². The van der Waals surface area contributed by atoms with E-state index in [1.165, 1.54) is 16.2 Å². The van der Waals surface area contributed by atoms with Crippen LogP contribution in [0.25, 0.3) is 10.1 Å². The van der Waals surface area contributed by atoms with Crippen molar-refractivity contribution >= 4 is 33.3 Å². The molecule has 0 saturated carbocycles. The van der Waals surface area contributed by atoms with Gasteiger partial charge in [0.05, 0.1) is 11.0 Å². The van der Waals surface area contributed by atoms with Crippen LogP contribution in [0.3, 0.4) is 0 Å². The monoisotopic (exact) mass is 291 g/mol. The molecule has 0 bridgehead atoms. The Bertz CT molecular complexity index is 648. The minimum atomic E-state index is -1.07. The predicted octanol–water partition coefficient (Wildman–Crippen LogP) is 1.56. The molecule has 0 spiro atoms. The zero-order valence-electron chi connectivity index (χ0n) is 10.5. The molecular formula is C14H13NO4S. The molecule has 1 fully saturated rings. The van der Waals surface area contributed by atoms with Crippen LogP contribution in [-0.2, 0) is 4.79 Å². The molecule has 2 N–H and O–H groups in total. The Hall–Kier alpha value is -1.92. The second-order valence-electron chi connectivity index (χ2n) is 4.85. The summed E-state index contributed by atoms with van der Waals surface area (Å²) in [6, 6.07) is 8.45. The highest BCUT2D eigenvalue weighted by atomic mass is 32.1. The Balaban J connectivity index is 1.93. The van der Waals surface area contributed by atoms with Gasteiger partial charge in [0.1, 0.15) is 6.04 Å². The first-order valence-corrected chi connectivity index (χ1v) is 7.08. The Labute approximate surface area is 119 Å².